The number of para-hydroxylation sites is 1. The highest BCUT2D eigenvalue weighted by Crippen LogP contribution is 2.38. The molecule has 0 amide bonds. The van der Waals surface area contributed by atoms with E-state index in [1.807, 2.05) is 0 Å². The second-order valence-electron chi connectivity index (χ2n) is 5.16. The number of hydrogen-bond donors (Lipinski definition) is 1. The van der Waals surface area contributed by atoms with E-state index in [2.05, 4.69) is 25.1 Å². The Labute approximate surface area is 106 Å². The van der Waals surface area contributed by atoms with Gasteiger partial charge >= 0.3 is 0 Å². The van der Waals surface area contributed by atoms with E-state index < -0.39 is 0 Å². The Balaban J connectivity index is 2.08. The number of thiazole rings is 1. The van der Waals surface area contributed by atoms with Gasteiger partial charge in [0.15, 0.2) is 0 Å². The molecule has 1 aromatic carbocycles. The van der Waals surface area contributed by atoms with Crippen LogP contribution in [-0.4, -0.2) is 4.98 Å². The molecule has 1 aliphatic rings. The summed E-state index contributed by atoms with van der Waals surface area (Å²) in [5, 5.41) is 1.14. The molecule has 1 aliphatic carbocycles. The van der Waals surface area contributed by atoms with Crippen molar-refractivity contribution in [1.82, 2.24) is 4.98 Å². The third kappa shape index (κ3) is 1.87. The Morgan fingerprint density at radius 2 is 2.00 bits per heavy atom. The van der Waals surface area contributed by atoms with Crippen LogP contribution in [0.5, 0.6) is 0 Å². The zero-order chi connectivity index (χ0) is 11.9. The summed E-state index contributed by atoms with van der Waals surface area (Å²) in [6.07, 6.45) is 5.98. The van der Waals surface area contributed by atoms with Crippen LogP contribution in [0, 0.1) is 6.92 Å². The average Bonchev–Trinajstić information content (AvgIpc) is 2.76. The summed E-state index contributed by atoms with van der Waals surface area (Å²) in [4.78, 5) is 4.80. The molecule has 0 unspecified atom stereocenters. The van der Waals surface area contributed by atoms with Crippen LogP contribution in [0.1, 0.15) is 42.7 Å². The minimum atomic E-state index is -0.158. The zero-order valence-corrected chi connectivity index (χ0v) is 11.0. The van der Waals surface area contributed by atoms with Gasteiger partial charge in [-0.1, -0.05) is 31.4 Å². The van der Waals surface area contributed by atoms with Crippen molar-refractivity contribution < 1.29 is 0 Å². The summed E-state index contributed by atoms with van der Waals surface area (Å²) in [5.74, 6) is 0. The van der Waals surface area contributed by atoms with Crippen LogP contribution in [0.2, 0.25) is 0 Å². The lowest BCUT2D eigenvalue weighted by molar-refractivity contribution is 0.302. The number of nitrogens with two attached hydrogens (primary N) is 1. The maximum atomic E-state index is 6.54. The highest BCUT2D eigenvalue weighted by Gasteiger charge is 2.32. The molecule has 3 heteroatoms. The van der Waals surface area contributed by atoms with E-state index in [0.29, 0.717) is 0 Å². The van der Waals surface area contributed by atoms with Gasteiger partial charge in [-0.3, -0.25) is 0 Å². The standard InChI is InChI=1S/C14H18N2S/c1-10-6-5-7-11-12(10)16-13(17-11)14(15)8-3-2-4-9-14/h5-7H,2-4,8-9,15H2,1H3. The highest BCUT2D eigenvalue weighted by molar-refractivity contribution is 7.18. The van der Waals surface area contributed by atoms with Gasteiger partial charge in [-0.15, -0.1) is 11.3 Å². The molecule has 3 rings (SSSR count). The lowest BCUT2D eigenvalue weighted by Crippen LogP contribution is -2.38. The number of nitrogens with zero attached hydrogens (tertiary/aromatic N) is 1. The van der Waals surface area contributed by atoms with Gasteiger partial charge in [-0.2, -0.15) is 0 Å². The van der Waals surface area contributed by atoms with Crippen molar-refractivity contribution in [3.05, 3.63) is 28.8 Å². The normalized spacial score (nSPS) is 19.6. The van der Waals surface area contributed by atoms with Crippen molar-refractivity contribution in [2.45, 2.75) is 44.6 Å². The van der Waals surface area contributed by atoms with E-state index in [1.165, 1.54) is 29.5 Å². The summed E-state index contributed by atoms with van der Waals surface area (Å²) in [6, 6.07) is 6.37. The molecule has 0 atom stereocenters. The number of aromatic nitrogens is 1. The largest absolute Gasteiger partial charge is 0.319 e. The van der Waals surface area contributed by atoms with Crippen molar-refractivity contribution in [3.63, 3.8) is 0 Å². The molecule has 0 saturated heterocycles. The first-order valence-electron chi connectivity index (χ1n) is 6.35. The minimum Gasteiger partial charge on any atom is -0.319 e. The van der Waals surface area contributed by atoms with E-state index in [-0.39, 0.29) is 5.54 Å². The van der Waals surface area contributed by atoms with Gasteiger partial charge < -0.3 is 5.73 Å². The molecular formula is C14H18N2S. The zero-order valence-electron chi connectivity index (χ0n) is 10.2. The van der Waals surface area contributed by atoms with E-state index in [1.54, 1.807) is 11.3 Å². The predicted octanol–water partition coefficient (Wildman–Crippen LogP) is 3.72. The molecule has 1 saturated carbocycles. The van der Waals surface area contributed by atoms with Gasteiger partial charge in [0, 0.05) is 0 Å². The molecule has 2 nitrogen and oxygen atoms in total. The summed E-state index contributed by atoms with van der Waals surface area (Å²) >= 11 is 1.78. The Kier molecular flexibility index (Phi) is 2.68. The van der Waals surface area contributed by atoms with Crippen LogP contribution in [0.25, 0.3) is 10.2 Å². The molecule has 17 heavy (non-hydrogen) atoms. The first-order valence-corrected chi connectivity index (χ1v) is 7.16. The van der Waals surface area contributed by atoms with E-state index >= 15 is 0 Å². The molecule has 0 spiro atoms. The van der Waals surface area contributed by atoms with E-state index in [0.717, 1.165) is 23.4 Å². The average molecular weight is 246 g/mol. The number of rotatable bonds is 1. The number of hydrogen-bond acceptors (Lipinski definition) is 3. The van der Waals surface area contributed by atoms with Crippen LogP contribution in [0.4, 0.5) is 0 Å². The van der Waals surface area contributed by atoms with Gasteiger partial charge in [-0.05, 0) is 31.4 Å². The molecular weight excluding hydrogens is 228 g/mol. The second kappa shape index (κ2) is 4.07. The summed E-state index contributed by atoms with van der Waals surface area (Å²) in [5.41, 5.74) is 8.78. The van der Waals surface area contributed by atoms with Gasteiger partial charge in [0.25, 0.3) is 0 Å². The summed E-state index contributed by atoms with van der Waals surface area (Å²) in [6.45, 7) is 2.12. The van der Waals surface area contributed by atoms with Crippen molar-refractivity contribution in [3.8, 4) is 0 Å². The van der Waals surface area contributed by atoms with Crippen LogP contribution in [0.3, 0.4) is 0 Å². The van der Waals surface area contributed by atoms with Gasteiger partial charge in [0.1, 0.15) is 5.01 Å². The first kappa shape index (κ1) is 11.2. The van der Waals surface area contributed by atoms with Crippen LogP contribution in [0.15, 0.2) is 18.2 Å². The molecule has 0 bridgehead atoms. The Morgan fingerprint density at radius 3 is 2.71 bits per heavy atom. The smallest absolute Gasteiger partial charge is 0.114 e. The molecule has 1 aromatic heterocycles. The van der Waals surface area contributed by atoms with Crippen molar-refractivity contribution in [2.24, 2.45) is 5.73 Å². The third-order valence-corrected chi connectivity index (χ3v) is 5.03. The molecule has 1 fully saturated rings. The molecule has 2 aromatic rings. The summed E-state index contributed by atoms with van der Waals surface area (Å²) < 4.78 is 1.27. The van der Waals surface area contributed by atoms with E-state index in [9.17, 15) is 0 Å². The molecule has 90 valence electrons. The lowest BCUT2D eigenvalue weighted by Gasteiger charge is -2.31. The quantitative estimate of drug-likeness (QED) is 0.833. The second-order valence-corrected chi connectivity index (χ2v) is 6.19. The number of aryl methyl sites for hydroxylation is 1. The third-order valence-electron chi connectivity index (χ3n) is 3.79. The Bertz CT molecular complexity index is 538. The highest BCUT2D eigenvalue weighted by atomic mass is 32.1. The van der Waals surface area contributed by atoms with E-state index in [4.69, 9.17) is 10.7 Å². The van der Waals surface area contributed by atoms with Gasteiger partial charge in [0.05, 0.1) is 15.8 Å². The SMILES string of the molecule is Cc1cccc2sc(C3(N)CCCCC3)nc12. The van der Waals surface area contributed by atoms with Crippen LogP contribution < -0.4 is 5.73 Å². The molecule has 2 N–H and O–H groups in total. The molecule has 0 aliphatic heterocycles. The Hall–Kier alpha value is -0.930. The van der Waals surface area contributed by atoms with Gasteiger partial charge in [-0.25, -0.2) is 4.98 Å². The lowest BCUT2D eigenvalue weighted by atomic mass is 9.83. The fourth-order valence-corrected chi connectivity index (χ4v) is 3.90. The monoisotopic (exact) mass is 246 g/mol. The van der Waals surface area contributed by atoms with Crippen LogP contribution in [-0.2, 0) is 5.54 Å². The van der Waals surface area contributed by atoms with Crippen molar-refractivity contribution >= 4 is 21.6 Å². The fraction of sp³-hybridized carbons (Fsp3) is 0.500. The van der Waals surface area contributed by atoms with Crippen LogP contribution >= 0.6 is 11.3 Å². The topological polar surface area (TPSA) is 38.9 Å². The molecule has 1 heterocycles. The predicted molar refractivity (Wildman–Crippen MR) is 73.3 cm³/mol. The van der Waals surface area contributed by atoms with Crippen molar-refractivity contribution in [2.75, 3.05) is 0 Å². The fourth-order valence-electron chi connectivity index (χ4n) is 2.70. The minimum absolute atomic E-state index is 0.158. The maximum Gasteiger partial charge on any atom is 0.114 e. The van der Waals surface area contributed by atoms with Gasteiger partial charge in [0.2, 0.25) is 0 Å². The first-order chi connectivity index (χ1) is 8.19. The number of fused-ring (bicyclic) bond motifs is 1. The summed E-state index contributed by atoms with van der Waals surface area (Å²) in [7, 11) is 0. The maximum absolute atomic E-state index is 6.54. The number of benzene rings is 1. The van der Waals surface area contributed by atoms with Crippen molar-refractivity contribution in [1.29, 1.82) is 0 Å². The molecule has 0 radical (unpaired) electrons. The Morgan fingerprint density at radius 1 is 1.24 bits per heavy atom.